The second kappa shape index (κ2) is 8.56. The highest BCUT2D eigenvalue weighted by molar-refractivity contribution is 5.73. The van der Waals surface area contributed by atoms with Crippen LogP contribution in [0.4, 0.5) is 4.79 Å². The van der Waals surface area contributed by atoms with Gasteiger partial charge in [0.1, 0.15) is 12.7 Å². The molecule has 0 spiro atoms. The zero-order chi connectivity index (χ0) is 18.2. The van der Waals surface area contributed by atoms with Crippen LogP contribution in [0.15, 0.2) is 59.9 Å². The number of rotatable bonds is 7. The van der Waals surface area contributed by atoms with Gasteiger partial charge in [-0.25, -0.2) is 19.1 Å². The summed E-state index contributed by atoms with van der Waals surface area (Å²) in [5.74, 6) is 0.481. The van der Waals surface area contributed by atoms with Crippen molar-refractivity contribution in [1.29, 1.82) is 0 Å². The van der Waals surface area contributed by atoms with Crippen molar-refractivity contribution in [3.05, 3.63) is 71.0 Å². The highest BCUT2D eigenvalue weighted by Crippen LogP contribution is 1.98. The summed E-state index contributed by atoms with van der Waals surface area (Å²) in [7, 11) is 0. The molecule has 3 rings (SSSR count). The van der Waals surface area contributed by atoms with Crippen molar-refractivity contribution in [3.8, 4) is 5.82 Å². The molecular formula is C17H19N7O2. The molecule has 2 aromatic heterocycles. The van der Waals surface area contributed by atoms with Crippen LogP contribution in [-0.4, -0.2) is 43.7 Å². The molecular weight excluding hydrogens is 334 g/mol. The van der Waals surface area contributed by atoms with Gasteiger partial charge < -0.3 is 10.6 Å². The molecule has 0 aliphatic rings. The standard InChI is InChI=1S/C17H19N7O2/c25-16-7-6-15(24-13-18-12-21-24)22-23(16)11-10-20-17(26)19-9-8-14-4-2-1-3-5-14/h1-7,12-13H,8-11H2,(H2,19,20,26). The number of nitrogens with one attached hydrogen (secondary N) is 2. The molecule has 0 radical (unpaired) electrons. The zero-order valence-corrected chi connectivity index (χ0v) is 14.1. The summed E-state index contributed by atoms with van der Waals surface area (Å²) in [5.41, 5.74) is 0.911. The minimum atomic E-state index is -0.276. The fraction of sp³-hybridized carbons (Fsp3) is 0.235. The first-order chi connectivity index (χ1) is 12.7. The number of hydrogen-bond donors (Lipinski definition) is 2. The molecule has 9 nitrogen and oxygen atoms in total. The van der Waals surface area contributed by atoms with E-state index in [0.717, 1.165) is 12.0 Å². The molecule has 0 saturated heterocycles. The molecule has 2 heterocycles. The van der Waals surface area contributed by atoms with E-state index in [-0.39, 0.29) is 24.7 Å². The van der Waals surface area contributed by atoms with Crippen molar-refractivity contribution < 1.29 is 4.79 Å². The van der Waals surface area contributed by atoms with E-state index in [9.17, 15) is 9.59 Å². The number of carbonyl (C=O) groups is 1. The van der Waals surface area contributed by atoms with Gasteiger partial charge in [-0.15, -0.1) is 5.10 Å². The summed E-state index contributed by atoms with van der Waals surface area (Å²) in [6, 6.07) is 12.6. The highest BCUT2D eigenvalue weighted by atomic mass is 16.2. The van der Waals surface area contributed by atoms with Crippen LogP contribution in [0.25, 0.3) is 5.82 Å². The van der Waals surface area contributed by atoms with Crippen LogP contribution in [0.1, 0.15) is 5.56 Å². The normalized spacial score (nSPS) is 10.5. The van der Waals surface area contributed by atoms with Gasteiger partial charge in [0.25, 0.3) is 5.56 Å². The molecule has 0 fully saturated rings. The van der Waals surface area contributed by atoms with Crippen LogP contribution in [0.5, 0.6) is 0 Å². The maximum absolute atomic E-state index is 11.9. The van der Waals surface area contributed by atoms with Crippen molar-refractivity contribution in [2.24, 2.45) is 0 Å². The lowest BCUT2D eigenvalue weighted by molar-refractivity contribution is 0.240. The summed E-state index contributed by atoms with van der Waals surface area (Å²) >= 11 is 0. The number of urea groups is 1. The van der Waals surface area contributed by atoms with Gasteiger partial charge in [-0.1, -0.05) is 30.3 Å². The first-order valence-electron chi connectivity index (χ1n) is 8.21. The van der Waals surface area contributed by atoms with Crippen molar-refractivity contribution in [2.45, 2.75) is 13.0 Å². The Hall–Kier alpha value is -3.49. The van der Waals surface area contributed by atoms with Gasteiger partial charge in [0.15, 0.2) is 5.82 Å². The highest BCUT2D eigenvalue weighted by Gasteiger charge is 2.04. The Morgan fingerprint density at radius 1 is 1.04 bits per heavy atom. The van der Waals surface area contributed by atoms with Gasteiger partial charge in [0.05, 0.1) is 6.54 Å². The lowest BCUT2D eigenvalue weighted by Gasteiger charge is -2.09. The SMILES string of the molecule is O=C(NCCc1ccccc1)NCCn1nc(-n2cncn2)ccc1=O. The maximum Gasteiger partial charge on any atom is 0.314 e. The Kier molecular flexibility index (Phi) is 5.71. The van der Waals surface area contributed by atoms with Crippen molar-refractivity contribution >= 4 is 6.03 Å². The molecule has 0 aliphatic heterocycles. The Labute approximate surface area is 149 Å². The average molecular weight is 353 g/mol. The minimum absolute atomic E-state index is 0.250. The van der Waals surface area contributed by atoms with Crippen LogP contribution in [0, 0.1) is 0 Å². The second-order valence-corrected chi connectivity index (χ2v) is 5.51. The van der Waals surface area contributed by atoms with Gasteiger partial charge >= 0.3 is 6.03 Å². The third-order valence-corrected chi connectivity index (χ3v) is 3.66. The van der Waals surface area contributed by atoms with E-state index >= 15 is 0 Å². The van der Waals surface area contributed by atoms with Crippen molar-refractivity contribution in [2.75, 3.05) is 13.1 Å². The molecule has 26 heavy (non-hydrogen) atoms. The van der Waals surface area contributed by atoms with E-state index in [0.29, 0.717) is 12.4 Å². The molecule has 134 valence electrons. The van der Waals surface area contributed by atoms with Crippen molar-refractivity contribution in [3.63, 3.8) is 0 Å². The third-order valence-electron chi connectivity index (χ3n) is 3.66. The largest absolute Gasteiger partial charge is 0.338 e. The Morgan fingerprint density at radius 2 is 1.85 bits per heavy atom. The molecule has 1 aromatic carbocycles. The first-order valence-corrected chi connectivity index (χ1v) is 8.21. The second-order valence-electron chi connectivity index (χ2n) is 5.51. The van der Waals surface area contributed by atoms with E-state index in [4.69, 9.17) is 0 Å². The fourth-order valence-electron chi connectivity index (χ4n) is 2.35. The van der Waals surface area contributed by atoms with Crippen LogP contribution >= 0.6 is 0 Å². The minimum Gasteiger partial charge on any atom is -0.338 e. The molecule has 0 saturated carbocycles. The molecule has 2 N–H and O–H groups in total. The molecule has 0 bridgehead atoms. The first kappa shape index (κ1) is 17.3. The Balaban J connectivity index is 1.45. The summed E-state index contributed by atoms with van der Waals surface area (Å²) in [6.45, 7) is 1.08. The lowest BCUT2D eigenvalue weighted by atomic mass is 10.1. The molecule has 0 unspecified atom stereocenters. The van der Waals surface area contributed by atoms with Crippen LogP contribution < -0.4 is 16.2 Å². The Morgan fingerprint density at radius 3 is 2.62 bits per heavy atom. The quantitative estimate of drug-likeness (QED) is 0.638. The topological polar surface area (TPSA) is 107 Å². The van der Waals surface area contributed by atoms with Gasteiger partial charge in [0.2, 0.25) is 0 Å². The van der Waals surface area contributed by atoms with E-state index in [1.165, 1.54) is 28.1 Å². The number of nitrogens with zero attached hydrogens (tertiary/aromatic N) is 5. The van der Waals surface area contributed by atoms with Crippen molar-refractivity contribution in [1.82, 2.24) is 35.2 Å². The zero-order valence-electron chi connectivity index (χ0n) is 14.1. The van der Waals surface area contributed by atoms with Crippen LogP contribution in [-0.2, 0) is 13.0 Å². The summed E-state index contributed by atoms with van der Waals surface area (Å²) in [6.07, 6.45) is 3.64. The molecule has 3 aromatic rings. The number of hydrogen-bond acceptors (Lipinski definition) is 5. The fourth-order valence-corrected chi connectivity index (χ4v) is 2.35. The number of benzene rings is 1. The lowest BCUT2D eigenvalue weighted by Crippen LogP contribution is -2.39. The molecule has 9 heteroatoms. The summed E-state index contributed by atoms with van der Waals surface area (Å²) in [4.78, 5) is 27.5. The van der Waals surface area contributed by atoms with E-state index in [1.807, 2.05) is 30.3 Å². The predicted octanol–water partition coefficient (Wildman–Crippen LogP) is 0.366. The summed E-state index contributed by atoms with van der Waals surface area (Å²) in [5, 5.41) is 13.7. The average Bonchev–Trinajstić information content (AvgIpc) is 3.19. The van der Waals surface area contributed by atoms with Gasteiger partial charge in [-0.3, -0.25) is 4.79 Å². The molecule has 0 atom stereocenters. The van der Waals surface area contributed by atoms with Gasteiger partial charge in [-0.05, 0) is 18.1 Å². The molecule has 2 amide bonds. The van der Waals surface area contributed by atoms with E-state index in [1.54, 1.807) is 6.07 Å². The predicted molar refractivity (Wildman–Crippen MR) is 95.0 cm³/mol. The number of amides is 2. The van der Waals surface area contributed by atoms with Gasteiger partial charge in [-0.2, -0.15) is 5.10 Å². The monoisotopic (exact) mass is 353 g/mol. The van der Waals surface area contributed by atoms with Gasteiger partial charge in [0, 0.05) is 19.2 Å². The number of carbonyl (C=O) groups excluding carboxylic acids is 1. The van der Waals surface area contributed by atoms with Crippen LogP contribution in [0.2, 0.25) is 0 Å². The Bertz CT molecular complexity index is 891. The van der Waals surface area contributed by atoms with E-state index < -0.39 is 0 Å². The smallest absolute Gasteiger partial charge is 0.314 e. The maximum atomic E-state index is 11.9. The number of aromatic nitrogens is 5. The third kappa shape index (κ3) is 4.76. The molecule has 0 aliphatic carbocycles. The van der Waals surface area contributed by atoms with Crippen LogP contribution in [0.3, 0.4) is 0 Å². The van der Waals surface area contributed by atoms with E-state index in [2.05, 4.69) is 25.8 Å². The summed E-state index contributed by atoms with van der Waals surface area (Å²) < 4.78 is 2.74.